The third-order valence-corrected chi connectivity index (χ3v) is 10.5. The zero-order chi connectivity index (χ0) is 33.6. The van der Waals surface area contributed by atoms with E-state index in [1.54, 1.807) is 38.1 Å². The van der Waals surface area contributed by atoms with E-state index >= 15 is 0 Å². The van der Waals surface area contributed by atoms with Crippen molar-refractivity contribution in [3.63, 3.8) is 0 Å². The van der Waals surface area contributed by atoms with Gasteiger partial charge >= 0.3 is 11.9 Å². The van der Waals surface area contributed by atoms with Crippen molar-refractivity contribution >= 4 is 53.8 Å². The highest BCUT2D eigenvalue weighted by Gasteiger charge is 2.28. The van der Waals surface area contributed by atoms with E-state index in [0.717, 1.165) is 35.4 Å². The van der Waals surface area contributed by atoms with Gasteiger partial charge in [-0.1, -0.05) is 35.4 Å². The van der Waals surface area contributed by atoms with Crippen LogP contribution in [0.1, 0.15) is 32.1 Å². The van der Waals surface area contributed by atoms with E-state index in [9.17, 15) is 45.4 Å². The molecule has 2 heterocycles. The van der Waals surface area contributed by atoms with Crippen LogP contribution in [-0.4, -0.2) is 46.9 Å². The lowest BCUT2D eigenvalue weighted by atomic mass is 10.2. The van der Waals surface area contributed by atoms with Gasteiger partial charge in [-0.15, -0.1) is 0 Å². The van der Waals surface area contributed by atoms with Crippen molar-refractivity contribution in [1.29, 1.82) is 0 Å². The minimum absolute atomic E-state index is 0.0111. The first-order valence-electron chi connectivity index (χ1n) is 13.3. The lowest BCUT2D eigenvalue weighted by Crippen LogP contribution is -2.18. The maximum Gasteiger partial charge on any atom is 0.353 e. The minimum atomic E-state index is -4.16. The van der Waals surface area contributed by atoms with Crippen molar-refractivity contribution in [3.05, 3.63) is 131 Å². The van der Waals surface area contributed by atoms with Crippen LogP contribution in [0.5, 0.6) is 0 Å². The van der Waals surface area contributed by atoms with Gasteiger partial charge in [0.25, 0.3) is 20.0 Å². The lowest BCUT2D eigenvalue weighted by Gasteiger charge is -2.10. The molecule has 0 bridgehead atoms. The van der Waals surface area contributed by atoms with E-state index in [1.807, 2.05) is 0 Å². The van der Waals surface area contributed by atoms with Gasteiger partial charge in [-0.25, -0.2) is 43.2 Å². The summed E-state index contributed by atoms with van der Waals surface area (Å²) in [6.07, 6.45) is 0. The normalized spacial score (nSPS) is 11.7. The van der Waals surface area contributed by atoms with E-state index in [0.29, 0.717) is 18.7 Å². The molecular weight excluding hydrogens is 642 g/mol. The number of aryl methyl sites for hydroxylation is 2. The van der Waals surface area contributed by atoms with Crippen LogP contribution in [0.4, 0.5) is 8.78 Å². The molecule has 6 rings (SSSR count). The van der Waals surface area contributed by atoms with Gasteiger partial charge in [0.2, 0.25) is 0 Å². The molecule has 0 fully saturated rings. The maximum absolute atomic E-state index is 13.5. The Morgan fingerprint density at radius 1 is 0.543 bits per heavy atom. The number of hydrogen-bond acceptors (Lipinski definition) is 6. The van der Waals surface area contributed by atoms with Crippen molar-refractivity contribution in [2.24, 2.45) is 0 Å². The maximum atomic E-state index is 13.5. The third kappa shape index (κ3) is 5.87. The molecule has 4 aromatic carbocycles. The molecule has 0 radical (unpaired) electrons. The molecular formula is C32H24F2N2O8S2. The molecule has 6 aromatic rings. The van der Waals surface area contributed by atoms with Crippen LogP contribution in [0.25, 0.3) is 21.8 Å². The van der Waals surface area contributed by atoms with Gasteiger partial charge in [0.05, 0.1) is 20.8 Å². The highest BCUT2D eigenvalue weighted by molar-refractivity contribution is 7.90. The summed E-state index contributed by atoms with van der Waals surface area (Å²) < 4.78 is 79.7. The molecule has 0 atom stereocenters. The zero-order valence-electron chi connectivity index (χ0n) is 24.0. The van der Waals surface area contributed by atoms with Crippen LogP contribution in [0.15, 0.2) is 107 Å². The van der Waals surface area contributed by atoms with Crippen molar-refractivity contribution < 1.29 is 45.4 Å². The minimum Gasteiger partial charge on any atom is -0.477 e. The van der Waals surface area contributed by atoms with Crippen LogP contribution in [0.3, 0.4) is 0 Å². The van der Waals surface area contributed by atoms with Crippen molar-refractivity contribution in [2.45, 2.75) is 23.6 Å². The van der Waals surface area contributed by atoms with Gasteiger partial charge < -0.3 is 10.2 Å². The van der Waals surface area contributed by atoms with Crippen LogP contribution in [0.2, 0.25) is 0 Å². The van der Waals surface area contributed by atoms with Gasteiger partial charge in [-0.05, 0) is 86.6 Å². The molecule has 14 heteroatoms. The highest BCUT2D eigenvalue weighted by atomic mass is 32.2. The number of nitrogens with zero attached hydrogens (tertiary/aromatic N) is 2. The van der Waals surface area contributed by atoms with E-state index in [1.165, 1.54) is 48.5 Å². The van der Waals surface area contributed by atoms with Crippen molar-refractivity contribution in [3.8, 4) is 0 Å². The van der Waals surface area contributed by atoms with E-state index in [4.69, 9.17) is 0 Å². The molecule has 2 N–H and O–H groups in total. The largest absolute Gasteiger partial charge is 0.477 e. The molecule has 0 saturated heterocycles. The number of carboxylic acid groups (broad SMARTS) is 2. The Morgan fingerprint density at radius 2 is 0.870 bits per heavy atom. The van der Waals surface area contributed by atoms with Crippen LogP contribution >= 0.6 is 0 Å². The molecule has 2 aromatic heterocycles. The Balaban J connectivity index is 0.000000181. The summed E-state index contributed by atoms with van der Waals surface area (Å²) in [5, 5.41) is 19.3. The summed E-state index contributed by atoms with van der Waals surface area (Å²) in [5.74, 6) is -4.10. The average Bonchev–Trinajstić information content (AvgIpc) is 3.57. The predicted octanol–water partition coefficient (Wildman–Crippen LogP) is 6.05. The van der Waals surface area contributed by atoms with Crippen LogP contribution in [-0.2, 0) is 20.0 Å². The summed E-state index contributed by atoms with van der Waals surface area (Å²) >= 11 is 0. The predicted molar refractivity (Wildman–Crippen MR) is 165 cm³/mol. The first-order chi connectivity index (χ1) is 21.6. The fourth-order valence-electron chi connectivity index (χ4n) is 4.75. The molecule has 0 unspecified atom stereocenters. The fraction of sp³-hybridized carbons (Fsp3) is 0.0625. The smallest absolute Gasteiger partial charge is 0.353 e. The molecule has 10 nitrogen and oxygen atoms in total. The van der Waals surface area contributed by atoms with E-state index < -0.39 is 55.0 Å². The number of halogens is 2. The first-order valence-corrected chi connectivity index (χ1v) is 16.2. The number of aromatic carboxylic acids is 2. The second-order valence-corrected chi connectivity index (χ2v) is 13.8. The number of fused-ring (bicyclic) bond motifs is 2. The number of aromatic nitrogens is 2. The molecule has 0 spiro atoms. The van der Waals surface area contributed by atoms with Crippen LogP contribution in [0, 0.1) is 25.5 Å². The Morgan fingerprint density at radius 3 is 1.17 bits per heavy atom. The van der Waals surface area contributed by atoms with Gasteiger partial charge in [0.15, 0.2) is 0 Å². The standard InChI is InChI=1S/2C16H12FNO4S/c2*1-10-2-6-13(7-3-10)23(21,22)18-14-9-12(17)5-4-11(14)8-15(18)16(19)20/h2*2-9H,1H3,(H,19,20). The summed E-state index contributed by atoms with van der Waals surface area (Å²) in [6.45, 7) is 3.61. The SMILES string of the molecule is Cc1ccc(S(=O)(=O)n2c(C(=O)O)cc3ccc(F)cc32)cc1.Cc1ccc(S(=O)(=O)n2c(C(=O)O)cc3ccc(F)cc32)cc1. The number of hydrogen-bond donors (Lipinski definition) is 2. The summed E-state index contributed by atoms with van der Waals surface area (Å²) in [6, 6.07) is 21.4. The molecule has 0 saturated carbocycles. The first kappa shape index (κ1) is 32.1. The monoisotopic (exact) mass is 666 g/mol. The summed E-state index contributed by atoms with van der Waals surface area (Å²) in [4.78, 5) is 22.7. The van der Waals surface area contributed by atoms with Crippen LogP contribution < -0.4 is 0 Å². The molecule has 0 aliphatic carbocycles. The third-order valence-electron chi connectivity index (χ3n) is 7.00. The molecule has 46 heavy (non-hydrogen) atoms. The topological polar surface area (TPSA) is 153 Å². The Labute approximate surface area is 261 Å². The highest BCUT2D eigenvalue weighted by Crippen LogP contribution is 2.28. The van der Waals surface area contributed by atoms with Gasteiger partial charge in [0.1, 0.15) is 23.0 Å². The van der Waals surface area contributed by atoms with E-state index in [2.05, 4.69) is 0 Å². The number of carboxylic acids is 2. The van der Waals surface area contributed by atoms with Gasteiger partial charge in [0, 0.05) is 10.8 Å². The Kier molecular flexibility index (Phi) is 8.28. The molecule has 0 aliphatic rings. The van der Waals surface area contributed by atoms with Crippen molar-refractivity contribution in [1.82, 2.24) is 7.94 Å². The number of carbonyl (C=O) groups is 2. The second-order valence-electron chi connectivity index (χ2n) is 10.2. The number of rotatable bonds is 6. The average molecular weight is 667 g/mol. The molecule has 236 valence electrons. The van der Waals surface area contributed by atoms with Gasteiger partial charge in [-0.3, -0.25) is 0 Å². The van der Waals surface area contributed by atoms with Crippen molar-refractivity contribution in [2.75, 3.05) is 0 Å². The summed E-state index contributed by atoms with van der Waals surface area (Å²) in [7, 11) is -8.32. The molecule has 0 aliphatic heterocycles. The fourth-order valence-corrected chi connectivity index (χ4v) is 7.74. The zero-order valence-corrected chi connectivity index (χ0v) is 25.7. The Hall–Kier alpha value is -5.34. The number of benzene rings is 4. The van der Waals surface area contributed by atoms with Gasteiger partial charge in [-0.2, -0.15) is 0 Å². The molecule has 0 amide bonds. The second kappa shape index (κ2) is 11.9. The quantitative estimate of drug-likeness (QED) is 0.218. The van der Waals surface area contributed by atoms with E-state index in [-0.39, 0.29) is 20.8 Å². The lowest BCUT2D eigenvalue weighted by molar-refractivity contribution is 0.0679. The summed E-state index contributed by atoms with van der Waals surface area (Å²) in [5.41, 5.74) is 0.833. The Bertz CT molecular complexity index is 2210.